The lowest BCUT2D eigenvalue weighted by molar-refractivity contribution is -0.143. The van der Waals surface area contributed by atoms with Gasteiger partial charge in [0.05, 0.1) is 6.61 Å². The van der Waals surface area contributed by atoms with E-state index in [1.807, 2.05) is 0 Å². The minimum Gasteiger partial charge on any atom is -0.465 e. The Hall–Kier alpha value is -1.90. The van der Waals surface area contributed by atoms with E-state index in [1.54, 1.807) is 6.92 Å². The van der Waals surface area contributed by atoms with E-state index in [4.69, 9.17) is 4.74 Å². The van der Waals surface area contributed by atoms with Crippen LogP contribution in [0.25, 0.3) is 11.2 Å². The van der Waals surface area contributed by atoms with Crippen LogP contribution in [-0.2, 0) is 30.2 Å². The number of carbonyl (C=O) groups is 1. The maximum absolute atomic E-state index is 12.2. The molecule has 0 N–H and O–H groups in total. The predicted molar refractivity (Wildman–Crippen MR) is 81.3 cm³/mol. The standard InChI is InChI=1S/C11H13BrN4O4.CH4/c1-4-20-6(17)5-16-7-8(13-10(16)12)14(2)11(19)15(3)9(7)18;/h4-5H2,1-3H3;1H4. The zero-order chi connectivity index (χ0) is 15.0. The highest BCUT2D eigenvalue weighted by Gasteiger charge is 2.19. The quantitative estimate of drug-likeness (QED) is 0.583. The predicted octanol–water partition coefficient (Wildman–Crippen LogP) is 0.395. The van der Waals surface area contributed by atoms with Crippen molar-refractivity contribution in [3.8, 4) is 0 Å². The Kier molecular flexibility index (Phi) is 5.10. The molecule has 0 amide bonds. The van der Waals surface area contributed by atoms with E-state index in [0.29, 0.717) is 4.73 Å². The van der Waals surface area contributed by atoms with Crippen molar-refractivity contribution in [2.45, 2.75) is 20.9 Å². The Morgan fingerprint density at radius 2 is 1.90 bits per heavy atom. The van der Waals surface area contributed by atoms with Gasteiger partial charge in [-0.05, 0) is 22.9 Å². The van der Waals surface area contributed by atoms with Crippen molar-refractivity contribution < 1.29 is 9.53 Å². The van der Waals surface area contributed by atoms with Gasteiger partial charge in [-0.3, -0.25) is 18.7 Å². The summed E-state index contributed by atoms with van der Waals surface area (Å²) in [4.78, 5) is 39.7. The van der Waals surface area contributed by atoms with E-state index in [-0.39, 0.29) is 31.7 Å². The molecule has 2 aromatic heterocycles. The number of imidazole rings is 1. The summed E-state index contributed by atoms with van der Waals surface area (Å²) in [7, 11) is 2.89. The number of halogens is 1. The molecule has 0 radical (unpaired) electrons. The van der Waals surface area contributed by atoms with Crippen molar-refractivity contribution in [3.63, 3.8) is 0 Å². The lowest BCUT2D eigenvalue weighted by Crippen LogP contribution is -2.37. The largest absolute Gasteiger partial charge is 0.465 e. The summed E-state index contributed by atoms with van der Waals surface area (Å²) >= 11 is 3.19. The van der Waals surface area contributed by atoms with Crippen molar-refractivity contribution in [1.82, 2.24) is 18.7 Å². The summed E-state index contributed by atoms with van der Waals surface area (Å²) in [6.45, 7) is 1.79. The fraction of sp³-hybridized carbons (Fsp3) is 0.500. The van der Waals surface area contributed by atoms with Crippen molar-refractivity contribution in [3.05, 3.63) is 25.6 Å². The third-order valence-electron chi connectivity index (χ3n) is 2.89. The number of rotatable bonds is 3. The van der Waals surface area contributed by atoms with E-state index in [2.05, 4.69) is 20.9 Å². The summed E-state index contributed by atoms with van der Waals surface area (Å²) in [5, 5.41) is 0. The molecule has 0 fully saturated rings. The molecule has 21 heavy (non-hydrogen) atoms. The van der Waals surface area contributed by atoms with Gasteiger partial charge < -0.3 is 9.30 Å². The molecule has 0 saturated carbocycles. The fourth-order valence-electron chi connectivity index (χ4n) is 1.90. The minimum absolute atomic E-state index is 0. The van der Waals surface area contributed by atoms with Gasteiger partial charge in [-0.2, -0.15) is 0 Å². The van der Waals surface area contributed by atoms with Crippen LogP contribution >= 0.6 is 15.9 Å². The van der Waals surface area contributed by atoms with Gasteiger partial charge in [0.15, 0.2) is 15.9 Å². The molecule has 0 spiro atoms. The fourth-order valence-corrected chi connectivity index (χ4v) is 2.37. The van der Waals surface area contributed by atoms with E-state index >= 15 is 0 Å². The summed E-state index contributed by atoms with van der Waals surface area (Å²) < 4.78 is 8.76. The molecule has 0 saturated heterocycles. The highest BCUT2D eigenvalue weighted by atomic mass is 79.9. The normalized spacial score (nSPS) is 10.5. The molecule has 116 valence electrons. The van der Waals surface area contributed by atoms with Crippen LogP contribution < -0.4 is 11.2 Å². The molecular weight excluding hydrogens is 344 g/mol. The number of ether oxygens (including phenoxy) is 1. The van der Waals surface area contributed by atoms with Crippen LogP contribution in [0.3, 0.4) is 0 Å². The SMILES string of the molecule is C.CCOC(=O)Cn1c(Br)nc2c1c(=O)n(C)c(=O)n2C. The molecule has 2 rings (SSSR count). The maximum atomic E-state index is 12.2. The number of hydrogen-bond acceptors (Lipinski definition) is 5. The third kappa shape index (κ3) is 2.78. The van der Waals surface area contributed by atoms with Crippen LogP contribution in [0.4, 0.5) is 0 Å². The first-order chi connectivity index (χ1) is 9.38. The van der Waals surface area contributed by atoms with Gasteiger partial charge in [0.2, 0.25) is 0 Å². The molecule has 0 bridgehead atoms. The van der Waals surface area contributed by atoms with Gasteiger partial charge in [0.25, 0.3) is 5.56 Å². The van der Waals surface area contributed by atoms with Crippen LogP contribution in [0, 0.1) is 0 Å². The Balaban J connectivity index is 0.00000220. The highest BCUT2D eigenvalue weighted by Crippen LogP contribution is 2.16. The van der Waals surface area contributed by atoms with Gasteiger partial charge in [0, 0.05) is 14.1 Å². The number of aromatic nitrogens is 4. The van der Waals surface area contributed by atoms with Crippen LogP contribution in [0.1, 0.15) is 14.4 Å². The van der Waals surface area contributed by atoms with Crippen LogP contribution in [0.15, 0.2) is 14.3 Å². The molecule has 0 aliphatic rings. The zero-order valence-corrected chi connectivity index (χ0v) is 12.8. The molecule has 9 heteroatoms. The second-order valence-corrected chi connectivity index (χ2v) is 4.86. The third-order valence-corrected chi connectivity index (χ3v) is 3.50. The lowest BCUT2D eigenvalue weighted by atomic mass is 10.5. The first kappa shape index (κ1) is 17.2. The van der Waals surface area contributed by atoms with Crippen LogP contribution in [0.2, 0.25) is 0 Å². The van der Waals surface area contributed by atoms with E-state index < -0.39 is 17.2 Å². The minimum atomic E-state index is -0.509. The maximum Gasteiger partial charge on any atom is 0.332 e. The Labute approximate surface area is 129 Å². The molecule has 2 heterocycles. The van der Waals surface area contributed by atoms with Gasteiger partial charge in [-0.1, -0.05) is 7.43 Å². The summed E-state index contributed by atoms with van der Waals surface area (Å²) in [6.07, 6.45) is 0. The number of carbonyl (C=O) groups excluding carboxylic acids is 1. The molecule has 0 aliphatic heterocycles. The second-order valence-electron chi connectivity index (χ2n) is 4.15. The smallest absolute Gasteiger partial charge is 0.332 e. The first-order valence-electron chi connectivity index (χ1n) is 5.85. The average Bonchev–Trinajstić information content (AvgIpc) is 2.72. The summed E-state index contributed by atoms with van der Waals surface area (Å²) in [5.41, 5.74) is -0.592. The van der Waals surface area contributed by atoms with Gasteiger partial charge in [0.1, 0.15) is 6.54 Å². The summed E-state index contributed by atoms with van der Waals surface area (Å²) in [5.74, 6) is -0.483. The number of nitrogens with zero attached hydrogens (tertiary/aromatic N) is 4. The van der Waals surface area contributed by atoms with Gasteiger partial charge in [-0.25, -0.2) is 9.78 Å². The Morgan fingerprint density at radius 1 is 1.29 bits per heavy atom. The van der Waals surface area contributed by atoms with E-state index in [0.717, 1.165) is 4.57 Å². The zero-order valence-electron chi connectivity index (χ0n) is 11.2. The second kappa shape index (κ2) is 6.25. The number of fused-ring (bicyclic) bond motifs is 1. The lowest BCUT2D eigenvalue weighted by Gasteiger charge is -2.06. The summed E-state index contributed by atoms with van der Waals surface area (Å²) in [6, 6.07) is 0. The molecule has 0 atom stereocenters. The Bertz CT molecular complexity index is 802. The molecule has 0 unspecified atom stereocenters. The van der Waals surface area contributed by atoms with Crippen molar-refractivity contribution >= 4 is 33.1 Å². The number of hydrogen-bond donors (Lipinski definition) is 0. The number of esters is 1. The topological polar surface area (TPSA) is 88.1 Å². The van der Waals surface area contributed by atoms with Gasteiger partial charge >= 0.3 is 11.7 Å². The highest BCUT2D eigenvalue weighted by molar-refractivity contribution is 9.10. The van der Waals surface area contributed by atoms with E-state index in [9.17, 15) is 14.4 Å². The number of aryl methyl sites for hydroxylation is 1. The van der Waals surface area contributed by atoms with Gasteiger partial charge in [-0.15, -0.1) is 0 Å². The Morgan fingerprint density at radius 3 is 2.48 bits per heavy atom. The monoisotopic (exact) mass is 360 g/mol. The van der Waals surface area contributed by atoms with E-state index in [1.165, 1.54) is 23.2 Å². The van der Waals surface area contributed by atoms with Crippen LogP contribution in [-0.4, -0.2) is 31.3 Å². The molecule has 0 aliphatic carbocycles. The van der Waals surface area contributed by atoms with Crippen LogP contribution in [0.5, 0.6) is 0 Å². The van der Waals surface area contributed by atoms with Crippen molar-refractivity contribution in [2.24, 2.45) is 14.1 Å². The average molecular weight is 361 g/mol. The molecular formula is C12H17BrN4O4. The van der Waals surface area contributed by atoms with Crippen molar-refractivity contribution in [1.29, 1.82) is 0 Å². The molecule has 8 nitrogen and oxygen atoms in total. The first-order valence-corrected chi connectivity index (χ1v) is 6.65. The molecule has 0 aromatic carbocycles. The molecule has 2 aromatic rings. The van der Waals surface area contributed by atoms with Crippen molar-refractivity contribution in [2.75, 3.05) is 6.61 Å².